The molecule has 0 rings (SSSR count). The van der Waals surface area contributed by atoms with Crippen LogP contribution in [0.3, 0.4) is 0 Å². The molecular formula is C45H86O7. The van der Waals surface area contributed by atoms with E-state index in [0.717, 1.165) is 38.5 Å². The smallest absolute Gasteiger partial charge is 0.0800 e. The van der Waals surface area contributed by atoms with Crippen molar-refractivity contribution in [2.24, 2.45) is 0 Å². The van der Waals surface area contributed by atoms with E-state index in [9.17, 15) is 35.7 Å². The lowest BCUT2D eigenvalue weighted by molar-refractivity contribution is -0.00729. The third kappa shape index (κ3) is 28.4. The van der Waals surface area contributed by atoms with E-state index >= 15 is 0 Å². The second kappa shape index (κ2) is 23.1. The minimum absolute atomic E-state index is 0.573. The molecule has 0 aliphatic carbocycles. The van der Waals surface area contributed by atoms with Crippen LogP contribution < -0.4 is 0 Å². The number of hydrogen-bond acceptors (Lipinski definition) is 7. The zero-order valence-corrected chi connectivity index (χ0v) is 35.6. The van der Waals surface area contributed by atoms with Crippen molar-refractivity contribution in [2.75, 3.05) is 0 Å². The lowest BCUT2D eigenvalue weighted by atomic mass is 9.83. The summed E-state index contributed by atoms with van der Waals surface area (Å²) in [5.74, 6) is 0. The van der Waals surface area contributed by atoms with Crippen molar-refractivity contribution in [3.63, 3.8) is 0 Å². The fourth-order valence-electron chi connectivity index (χ4n) is 7.24. The maximum atomic E-state index is 11.0. The molecule has 0 saturated carbocycles. The molecule has 0 aromatic carbocycles. The van der Waals surface area contributed by atoms with Crippen molar-refractivity contribution < 1.29 is 35.7 Å². The van der Waals surface area contributed by atoms with E-state index in [0.29, 0.717) is 103 Å². The van der Waals surface area contributed by atoms with Gasteiger partial charge in [-0.3, -0.25) is 0 Å². The van der Waals surface area contributed by atoms with Gasteiger partial charge in [-0.05, 0) is 210 Å². The van der Waals surface area contributed by atoms with Crippen LogP contribution >= 0.6 is 0 Å². The Morgan fingerprint density at radius 3 is 0.962 bits per heavy atom. The van der Waals surface area contributed by atoms with Crippen LogP contribution in [0.1, 0.15) is 210 Å². The molecule has 0 aromatic heterocycles. The summed E-state index contributed by atoms with van der Waals surface area (Å²) in [6.45, 7) is 22.8. The van der Waals surface area contributed by atoms with Crippen LogP contribution in [0, 0.1) is 0 Å². The van der Waals surface area contributed by atoms with E-state index in [4.69, 9.17) is 0 Å². The van der Waals surface area contributed by atoms with Crippen LogP contribution in [0.2, 0.25) is 0 Å². The molecule has 7 heteroatoms. The molecule has 0 aliphatic heterocycles. The Morgan fingerprint density at radius 1 is 0.404 bits per heavy atom. The predicted octanol–water partition coefficient (Wildman–Crippen LogP) is 9.92. The topological polar surface area (TPSA) is 142 Å². The van der Waals surface area contributed by atoms with E-state index in [1.807, 2.05) is 41.5 Å². The van der Waals surface area contributed by atoms with Gasteiger partial charge >= 0.3 is 0 Å². The van der Waals surface area contributed by atoms with Gasteiger partial charge in [-0.15, -0.1) is 6.58 Å². The summed E-state index contributed by atoms with van der Waals surface area (Å²) in [5.41, 5.74) is -3.25. The van der Waals surface area contributed by atoms with E-state index in [1.165, 1.54) is 11.1 Å². The van der Waals surface area contributed by atoms with Crippen LogP contribution in [0.4, 0.5) is 0 Å². The molecule has 0 aliphatic rings. The van der Waals surface area contributed by atoms with E-state index in [2.05, 4.69) is 39.5 Å². The predicted molar refractivity (Wildman–Crippen MR) is 219 cm³/mol. The van der Waals surface area contributed by atoms with Crippen molar-refractivity contribution >= 4 is 0 Å². The van der Waals surface area contributed by atoms with Gasteiger partial charge in [-0.1, -0.05) is 29.4 Å². The van der Waals surface area contributed by atoms with Crippen molar-refractivity contribution in [3.8, 4) is 0 Å². The highest BCUT2D eigenvalue weighted by Gasteiger charge is 2.29. The number of aliphatic hydroxyl groups is 7. The molecule has 0 aromatic rings. The molecule has 0 radical (unpaired) electrons. The Bertz CT molecular complexity index is 1040. The SMILES string of the molecule is C=C[C@](C)(O)CC/C=C(\C)CCC[C@@](C)(O)CCC[C@](C)(O)CCC[C@@](C)(O)CCC[C@](C)(O)CCC[C@](C)(O)CCC[C@@](C)(O)CCC=C(C)C. The quantitative estimate of drug-likeness (QED) is 0.0351. The van der Waals surface area contributed by atoms with Crippen molar-refractivity contribution in [1.29, 1.82) is 0 Å². The largest absolute Gasteiger partial charge is 0.390 e. The van der Waals surface area contributed by atoms with Crippen LogP contribution in [0.25, 0.3) is 0 Å². The zero-order chi connectivity index (χ0) is 40.3. The summed E-state index contributed by atoms with van der Waals surface area (Å²) in [5, 5.41) is 75.6. The molecule has 0 heterocycles. The first kappa shape index (κ1) is 50.9. The minimum Gasteiger partial charge on any atom is -0.390 e. The van der Waals surface area contributed by atoms with Gasteiger partial charge in [0, 0.05) is 0 Å². The molecule has 52 heavy (non-hydrogen) atoms. The summed E-state index contributed by atoms with van der Waals surface area (Å²) in [4.78, 5) is 0. The standard InChI is InChI=1S/C45H86O7/c1-12-39(5,46)24-14-22-38(4)23-15-26-41(7,48)28-17-30-43(9,50)32-19-34-45(11,52)36-20-35-44(10,51)33-18-31-42(8,49)29-16-27-40(6,47)25-13-21-37(2)3/h12,21-22,46-52H,1,13-20,23-36H2,2-11H3/b38-22+/t39-,40-,41+,42+,43-,44+,45+/m0/s1. The van der Waals surface area contributed by atoms with E-state index < -0.39 is 39.2 Å². The third-order valence-corrected chi connectivity index (χ3v) is 11.3. The summed E-state index contributed by atoms with van der Waals surface area (Å²) in [7, 11) is 0. The van der Waals surface area contributed by atoms with Gasteiger partial charge in [-0.2, -0.15) is 0 Å². The van der Waals surface area contributed by atoms with Gasteiger partial charge in [0.05, 0.1) is 39.2 Å². The molecule has 0 unspecified atom stereocenters. The molecule has 0 amide bonds. The van der Waals surface area contributed by atoms with E-state index in [-0.39, 0.29) is 0 Å². The van der Waals surface area contributed by atoms with Crippen LogP contribution in [-0.4, -0.2) is 75.0 Å². The third-order valence-electron chi connectivity index (χ3n) is 11.3. The zero-order valence-electron chi connectivity index (χ0n) is 35.6. The average molecular weight is 739 g/mol. The summed E-state index contributed by atoms with van der Waals surface area (Å²) in [6, 6.07) is 0. The molecule has 7 nitrogen and oxygen atoms in total. The Labute approximate surface area is 320 Å². The lowest BCUT2D eigenvalue weighted by Gasteiger charge is -2.30. The lowest BCUT2D eigenvalue weighted by Crippen LogP contribution is -2.31. The fourth-order valence-corrected chi connectivity index (χ4v) is 7.24. The number of rotatable bonds is 31. The van der Waals surface area contributed by atoms with Gasteiger partial charge < -0.3 is 35.7 Å². The number of allylic oxidation sites excluding steroid dienone is 4. The van der Waals surface area contributed by atoms with Gasteiger partial charge in [0.1, 0.15) is 0 Å². The Morgan fingerprint density at radius 2 is 0.673 bits per heavy atom. The monoisotopic (exact) mass is 739 g/mol. The second-order valence-corrected chi connectivity index (χ2v) is 19.1. The Kier molecular flexibility index (Phi) is 22.6. The van der Waals surface area contributed by atoms with Crippen molar-refractivity contribution in [2.45, 2.75) is 250 Å². The van der Waals surface area contributed by atoms with Crippen LogP contribution in [-0.2, 0) is 0 Å². The molecule has 7 atom stereocenters. The first-order valence-corrected chi connectivity index (χ1v) is 20.6. The normalized spacial score (nSPS) is 20.7. The van der Waals surface area contributed by atoms with Gasteiger partial charge in [-0.25, -0.2) is 0 Å². The van der Waals surface area contributed by atoms with Gasteiger partial charge in [0.25, 0.3) is 0 Å². The summed E-state index contributed by atoms with van der Waals surface area (Å²) in [6.07, 6.45) is 21.0. The maximum Gasteiger partial charge on any atom is 0.0800 e. The highest BCUT2D eigenvalue weighted by Crippen LogP contribution is 2.32. The van der Waals surface area contributed by atoms with Crippen molar-refractivity contribution in [3.05, 3.63) is 36.0 Å². The van der Waals surface area contributed by atoms with Crippen LogP contribution in [0.15, 0.2) is 36.0 Å². The highest BCUT2D eigenvalue weighted by atomic mass is 16.3. The number of hydrogen-bond donors (Lipinski definition) is 7. The molecule has 7 N–H and O–H groups in total. The first-order valence-electron chi connectivity index (χ1n) is 20.6. The molecule has 0 saturated heterocycles. The Hall–Kier alpha value is -1.06. The minimum atomic E-state index is -0.873. The molecule has 308 valence electrons. The molecule has 0 bridgehead atoms. The summed E-state index contributed by atoms with van der Waals surface area (Å²) >= 11 is 0. The van der Waals surface area contributed by atoms with Gasteiger partial charge in [0.2, 0.25) is 0 Å². The van der Waals surface area contributed by atoms with Crippen LogP contribution in [0.5, 0.6) is 0 Å². The first-order chi connectivity index (χ1) is 23.6. The maximum absolute atomic E-state index is 11.0. The molecular weight excluding hydrogens is 652 g/mol. The molecule has 0 spiro atoms. The summed E-state index contributed by atoms with van der Waals surface area (Å²) < 4.78 is 0. The van der Waals surface area contributed by atoms with Crippen molar-refractivity contribution in [1.82, 2.24) is 0 Å². The van der Waals surface area contributed by atoms with E-state index in [1.54, 1.807) is 13.0 Å². The average Bonchev–Trinajstić information content (AvgIpc) is 2.95. The molecule has 0 fully saturated rings. The highest BCUT2D eigenvalue weighted by molar-refractivity contribution is 5.01. The fraction of sp³-hybridized carbons (Fsp3) is 0.867. The second-order valence-electron chi connectivity index (χ2n) is 19.1. The Balaban J connectivity index is 4.37. The van der Waals surface area contributed by atoms with Gasteiger partial charge in [0.15, 0.2) is 0 Å².